The highest BCUT2D eigenvalue weighted by Gasteiger charge is 2.44. The van der Waals surface area contributed by atoms with Gasteiger partial charge in [0, 0.05) is 31.4 Å². The van der Waals surface area contributed by atoms with Gasteiger partial charge in [-0.15, -0.1) is 0 Å². The molecule has 2 atom stereocenters. The summed E-state index contributed by atoms with van der Waals surface area (Å²) in [5, 5.41) is 0. The van der Waals surface area contributed by atoms with Gasteiger partial charge in [0.25, 0.3) is 0 Å². The van der Waals surface area contributed by atoms with E-state index in [1.165, 1.54) is 0 Å². The van der Waals surface area contributed by atoms with Crippen molar-refractivity contribution in [2.24, 2.45) is 17.8 Å². The minimum atomic E-state index is -0.0295. The molecule has 2 unspecified atom stereocenters. The molecule has 5 nitrogen and oxygen atoms in total. The normalized spacial score (nSPS) is 26.5. The van der Waals surface area contributed by atoms with E-state index in [2.05, 4.69) is 0 Å². The van der Waals surface area contributed by atoms with Crippen LogP contribution < -0.4 is 0 Å². The lowest BCUT2D eigenvalue weighted by Gasteiger charge is -2.31. The summed E-state index contributed by atoms with van der Waals surface area (Å²) in [4.78, 5) is 26.8. The molecule has 5 heteroatoms. The van der Waals surface area contributed by atoms with Crippen LogP contribution in [0.3, 0.4) is 0 Å². The third-order valence-corrected chi connectivity index (χ3v) is 5.18. The topological polar surface area (TPSA) is 59.8 Å². The Morgan fingerprint density at radius 1 is 1.30 bits per heavy atom. The second-order valence-corrected chi connectivity index (χ2v) is 6.81. The van der Waals surface area contributed by atoms with Crippen molar-refractivity contribution in [1.82, 2.24) is 4.90 Å². The minimum absolute atomic E-state index is 0.0295. The van der Waals surface area contributed by atoms with Crippen LogP contribution in [-0.4, -0.2) is 36.9 Å². The molecule has 2 aliphatic rings. The number of carbonyl (C=O) groups excluding carboxylic acids is 2. The first-order valence-electron chi connectivity index (χ1n) is 8.45. The molecule has 1 aromatic heterocycles. The van der Waals surface area contributed by atoms with E-state index in [-0.39, 0.29) is 23.7 Å². The van der Waals surface area contributed by atoms with Gasteiger partial charge in [-0.05, 0) is 44.7 Å². The maximum Gasteiger partial charge on any atom is 0.226 e. The van der Waals surface area contributed by atoms with Gasteiger partial charge in [0.15, 0.2) is 0 Å². The zero-order valence-corrected chi connectivity index (χ0v) is 13.9. The van der Waals surface area contributed by atoms with Crippen LogP contribution in [-0.2, 0) is 20.9 Å². The first kappa shape index (κ1) is 16.2. The van der Waals surface area contributed by atoms with Crippen molar-refractivity contribution in [3.05, 3.63) is 23.7 Å². The molecule has 1 aromatic rings. The molecule has 2 bridgehead atoms. The van der Waals surface area contributed by atoms with Crippen LogP contribution in [0.4, 0.5) is 0 Å². The zero-order chi connectivity index (χ0) is 16.4. The van der Waals surface area contributed by atoms with Crippen molar-refractivity contribution < 1.29 is 18.7 Å². The largest absolute Gasteiger partial charge is 0.464 e. The fourth-order valence-corrected chi connectivity index (χ4v) is 3.96. The number of carbonyl (C=O) groups is 2. The number of hydrogen-bond donors (Lipinski definition) is 0. The van der Waals surface area contributed by atoms with Gasteiger partial charge in [-0.1, -0.05) is 0 Å². The highest BCUT2D eigenvalue weighted by Crippen LogP contribution is 2.42. The minimum Gasteiger partial charge on any atom is -0.464 e. The van der Waals surface area contributed by atoms with Gasteiger partial charge in [0.2, 0.25) is 5.91 Å². The van der Waals surface area contributed by atoms with Crippen molar-refractivity contribution in [2.45, 2.75) is 39.2 Å². The van der Waals surface area contributed by atoms with Crippen molar-refractivity contribution in [3.8, 4) is 0 Å². The first-order valence-corrected chi connectivity index (χ1v) is 8.45. The lowest BCUT2D eigenvalue weighted by atomic mass is 9.79. The van der Waals surface area contributed by atoms with E-state index in [1.54, 1.807) is 7.11 Å². The fraction of sp³-hybridized carbons (Fsp3) is 0.667. The molecule has 0 saturated heterocycles. The van der Waals surface area contributed by atoms with Crippen LogP contribution in [0.15, 0.2) is 16.5 Å². The summed E-state index contributed by atoms with van der Waals surface area (Å²) in [5.41, 5.74) is 0. The smallest absolute Gasteiger partial charge is 0.226 e. The Balaban J connectivity index is 1.68. The van der Waals surface area contributed by atoms with Gasteiger partial charge >= 0.3 is 0 Å². The van der Waals surface area contributed by atoms with Gasteiger partial charge in [0.05, 0.1) is 13.2 Å². The highest BCUT2D eigenvalue weighted by molar-refractivity contribution is 5.89. The average Bonchev–Trinajstić information content (AvgIpc) is 3.01. The van der Waals surface area contributed by atoms with E-state index < -0.39 is 0 Å². The third-order valence-electron chi connectivity index (χ3n) is 5.18. The Kier molecular flexibility index (Phi) is 4.85. The molecule has 0 radical (unpaired) electrons. The number of hydrogen-bond acceptors (Lipinski definition) is 4. The molecular formula is C18H25NO4. The Labute approximate surface area is 137 Å². The number of furan rings is 1. The molecule has 2 aliphatic carbocycles. The summed E-state index contributed by atoms with van der Waals surface area (Å²) in [6.07, 6.45) is 3.36. The number of ketones is 1. The van der Waals surface area contributed by atoms with E-state index in [4.69, 9.17) is 9.15 Å². The Morgan fingerprint density at radius 2 is 2.00 bits per heavy atom. The van der Waals surface area contributed by atoms with Crippen LogP contribution in [0.2, 0.25) is 0 Å². The number of methoxy groups -OCH3 is 1. The van der Waals surface area contributed by atoms with Crippen molar-refractivity contribution in [1.29, 1.82) is 0 Å². The second-order valence-electron chi connectivity index (χ2n) is 6.81. The lowest BCUT2D eigenvalue weighted by molar-refractivity contribution is -0.141. The lowest BCUT2D eigenvalue weighted by Crippen LogP contribution is -2.41. The predicted molar refractivity (Wildman–Crippen MR) is 84.7 cm³/mol. The number of fused-ring (bicyclic) bond motifs is 2. The van der Waals surface area contributed by atoms with Crippen molar-refractivity contribution in [3.63, 3.8) is 0 Å². The number of amides is 1. The predicted octanol–water partition coefficient (Wildman–Crippen LogP) is 2.57. The van der Waals surface area contributed by atoms with E-state index >= 15 is 0 Å². The molecule has 0 aromatic carbocycles. The number of rotatable bonds is 6. The molecule has 0 N–H and O–H groups in total. The molecule has 2 saturated carbocycles. The Bertz CT molecular complexity index is 563. The van der Waals surface area contributed by atoms with E-state index in [9.17, 15) is 9.59 Å². The number of aryl methyl sites for hydroxylation is 1. The van der Waals surface area contributed by atoms with E-state index in [0.717, 1.165) is 37.2 Å². The first-order chi connectivity index (χ1) is 11.1. The fourth-order valence-electron chi connectivity index (χ4n) is 3.96. The van der Waals surface area contributed by atoms with Crippen LogP contribution in [0.25, 0.3) is 0 Å². The molecule has 126 valence electrons. The van der Waals surface area contributed by atoms with Gasteiger partial charge in [0.1, 0.15) is 17.3 Å². The van der Waals surface area contributed by atoms with Crippen molar-refractivity contribution >= 4 is 11.7 Å². The summed E-state index contributed by atoms with van der Waals surface area (Å²) in [6, 6.07) is 3.82. The summed E-state index contributed by atoms with van der Waals surface area (Å²) in [6.45, 7) is 3.42. The van der Waals surface area contributed by atoms with Crippen LogP contribution in [0, 0.1) is 24.7 Å². The summed E-state index contributed by atoms with van der Waals surface area (Å²) in [5.74, 6) is 2.36. The van der Waals surface area contributed by atoms with E-state index in [0.29, 0.717) is 25.5 Å². The standard InChI is InChI=1S/C18H25NO4/c1-12-3-6-16(23-12)11-19(7-8-22-2)18(21)15-9-13-4-5-14(10-15)17(13)20/h3,6,13-15H,4-5,7-11H2,1-2H3. The molecule has 1 amide bonds. The Morgan fingerprint density at radius 3 is 2.57 bits per heavy atom. The summed E-state index contributed by atoms with van der Waals surface area (Å²) in [7, 11) is 1.64. The Hall–Kier alpha value is -1.62. The van der Waals surface area contributed by atoms with Crippen molar-refractivity contribution in [2.75, 3.05) is 20.3 Å². The highest BCUT2D eigenvalue weighted by atomic mass is 16.5. The summed E-state index contributed by atoms with van der Waals surface area (Å²) >= 11 is 0. The number of nitrogens with zero attached hydrogens (tertiary/aromatic N) is 1. The van der Waals surface area contributed by atoms with Crippen LogP contribution in [0.1, 0.15) is 37.2 Å². The summed E-state index contributed by atoms with van der Waals surface area (Å²) < 4.78 is 10.8. The second kappa shape index (κ2) is 6.87. The molecule has 23 heavy (non-hydrogen) atoms. The van der Waals surface area contributed by atoms with Gasteiger partial charge in [-0.2, -0.15) is 0 Å². The quantitative estimate of drug-likeness (QED) is 0.808. The van der Waals surface area contributed by atoms with Gasteiger partial charge in [-0.25, -0.2) is 0 Å². The number of Topliss-reactive ketones (excluding diaryl/α,β-unsaturated/α-hetero) is 1. The molecule has 1 heterocycles. The van der Waals surface area contributed by atoms with Gasteiger partial charge < -0.3 is 14.1 Å². The monoisotopic (exact) mass is 319 g/mol. The number of ether oxygens (including phenoxy) is 1. The molecule has 3 rings (SSSR count). The third kappa shape index (κ3) is 3.50. The molecule has 0 spiro atoms. The van der Waals surface area contributed by atoms with Gasteiger partial charge in [-0.3, -0.25) is 9.59 Å². The molecule has 2 fully saturated rings. The zero-order valence-electron chi connectivity index (χ0n) is 13.9. The molecular weight excluding hydrogens is 294 g/mol. The molecule has 0 aliphatic heterocycles. The average molecular weight is 319 g/mol. The maximum absolute atomic E-state index is 13.0. The SMILES string of the molecule is COCCN(Cc1ccc(C)o1)C(=O)C1CC2CCC(C1)C2=O. The maximum atomic E-state index is 13.0. The van der Waals surface area contributed by atoms with E-state index in [1.807, 2.05) is 24.0 Å². The van der Waals surface area contributed by atoms with Crippen LogP contribution in [0.5, 0.6) is 0 Å². The van der Waals surface area contributed by atoms with Crippen LogP contribution >= 0.6 is 0 Å².